The molecule has 4 rings (SSSR count). The SMILES string of the molecule is NC(=O)Nc1sc2c(c1C(N)=O)CCc1nn(CCS(=O)(=O)c3ccccc3)cc1-2. The van der Waals surface area contributed by atoms with Gasteiger partial charge in [-0.05, 0) is 30.5 Å². The van der Waals surface area contributed by atoms with Gasteiger partial charge in [0.15, 0.2) is 9.84 Å². The Bertz CT molecular complexity index is 1250. The van der Waals surface area contributed by atoms with Crippen molar-refractivity contribution in [2.24, 2.45) is 11.5 Å². The molecule has 0 bridgehead atoms. The lowest BCUT2D eigenvalue weighted by molar-refractivity contribution is 0.100. The van der Waals surface area contributed by atoms with Crippen LogP contribution >= 0.6 is 11.3 Å². The molecule has 0 spiro atoms. The molecule has 3 aromatic rings. The third-order valence-corrected chi connectivity index (χ3v) is 7.77. The second-order valence-electron chi connectivity index (χ2n) is 6.85. The van der Waals surface area contributed by atoms with Gasteiger partial charge in [0.1, 0.15) is 5.00 Å². The van der Waals surface area contributed by atoms with E-state index in [9.17, 15) is 18.0 Å². The number of rotatable bonds is 6. The maximum atomic E-state index is 12.5. The number of aromatic nitrogens is 2. The highest BCUT2D eigenvalue weighted by atomic mass is 32.2. The maximum Gasteiger partial charge on any atom is 0.317 e. The third-order valence-electron chi connectivity index (χ3n) is 4.88. The summed E-state index contributed by atoms with van der Waals surface area (Å²) in [5, 5.41) is 7.30. The summed E-state index contributed by atoms with van der Waals surface area (Å²) in [7, 11) is -3.43. The molecule has 156 valence electrons. The number of aryl methyl sites for hydroxylation is 2. The lowest BCUT2D eigenvalue weighted by Crippen LogP contribution is -2.22. The Morgan fingerprint density at radius 1 is 1.17 bits per heavy atom. The van der Waals surface area contributed by atoms with Crippen LogP contribution in [0.3, 0.4) is 0 Å². The molecule has 0 atom stereocenters. The Hall–Kier alpha value is -3.18. The van der Waals surface area contributed by atoms with Gasteiger partial charge in [-0.1, -0.05) is 18.2 Å². The van der Waals surface area contributed by atoms with E-state index in [2.05, 4.69) is 10.4 Å². The first-order chi connectivity index (χ1) is 14.3. The van der Waals surface area contributed by atoms with E-state index in [0.717, 1.165) is 21.7 Å². The van der Waals surface area contributed by atoms with Crippen LogP contribution in [0.15, 0.2) is 41.4 Å². The lowest BCUT2D eigenvalue weighted by atomic mass is 9.94. The maximum absolute atomic E-state index is 12.5. The van der Waals surface area contributed by atoms with Gasteiger partial charge < -0.3 is 11.5 Å². The lowest BCUT2D eigenvalue weighted by Gasteiger charge is -2.11. The van der Waals surface area contributed by atoms with E-state index in [1.165, 1.54) is 11.3 Å². The summed E-state index contributed by atoms with van der Waals surface area (Å²) in [4.78, 5) is 24.3. The van der Waals surface area contributed by atoms with Crippen LogP contribution in [0.5, 0.6) is 0 Å². The number of urea groups is 1. The standard InChI is InChI=1S/C19H19N5O4S2/c20-17(25)15-12-6-7-14-13(16(12)29-18(15)22-19(21)26)10-24(23-14)8-9-30(27,28)11-4-2-1-3-5-11/h1-5,10H,6-9H2,(H2,20,25)(H3,21,22,26). The highest BCUT2D eigenvalue weighted by molar-refractivity contribution is 7.91. The average Bonchev–Trinajstić information content (AvgIpc) is 3.27. The van der Waals surface area contributed by atoms with Crippen molar-refractivity contribution in [3.05, 3.63) is 53.3 Å². The number of nitrogens with zero attached hydrogens (tertiary/aromatic N) is 2. The van der Waals surface area contributed by atoms with E-state index in [1.807, 2.05) is 0 Å². The topological polar surface area (TPSA) is 150 Å². The van der Waals surface area contributed by atoms with Crippen molar-refractivity contribution in [2.75, 3.05) is 11.1 Å². The largest absolute Gasteiger partial charge is 0.365 e. The number of carbonyl (C=O) groups excluding carboxylic acids is 2. The predicted octanol–water partition coefficient (Wildman–Crippen LogP) is 1.77. The fraction of sp³-hybridized carbons (Fsp3) is 0.211. The quantitative estimate of drug-likeness (QED) is 0.528. The molecule has 0 unspecified atom stereocenters. The summed E-state index contributed by atoms with van der Waals surface area (Å²) in [6.07, 6.45) is 2.88. The van der Waals surface area contributed by atoms with Crippen LogP contribution in [0.25, 0.3) is 10.4 Å². The highest BCUT2D eigenvalue weighted by Crippen LogP contribution is 2.44. The summed E-state index contributed by atoms with van der Waals surface area (Å²) in [5.41, 5.74) is 13.4. The summed E-state index contributed by atoms with van der Waals surface area (Å²) in [6, 6.07) is 7.50. The summed E-state index contributed by atoms with van der Waals surface area (Å²) >= 11 is 1.21. The van der Waals surface area contributed by atoms with E-state index < -0.39 is 21.8 Å². The van der Waals surface area contributed by atoms with Gasteiger partial charge in [0, 0.05) is 16.6 Å². The number of benzene rings is 1. The zero-order chi connectivity index (χ0) is 21.5. The van der Waals surface area contributed by atoms with E-state index in [4.69, 9.17) is 11.5 Å². The molecule has 1 aliphatic rings. The molecule has 11 heteroatoms. The fourth-order valence-corrected chi connectivity index (χ4v) is 6.06. The van der Waals surface area contributed by atoms with Crippen molar-refractivity contribution >= 4 is 38.1 Å². The number of amides is 3. The van der Waals surface area contributed by atoms with Crippen molar-refractivity contribution in [3.8, 4) is 10.4 Å². The molecule has 1 aliphatic carbocycles. The molecular formula is C19H19N5O4S2. The van der Waals surface area contributed by atoms with E-state index >= 15 is 0 Å². The Morgan fingerprint density at radius 2 is 1.90 bits per heavy atom. The monoisotopic (exact) mass is 445 g/mol. The van der Waals surface area contributed by atoms with Crippen molar-refractivity contribution in [1.82, 2.24) is 9.78 Å². The van der Waals surface area contributed by atoms with Gasteiger partial charge in [-0.25, -0.2) is 13.2 Å². The van der Waals surface area contributed by atoms with Gasteiger partial charge >= 0.3 is 6.03 Å². The minimum absolute atomic E-state index is 0.0874. The number of hydrogen-bond acceptors (Lipinski definition) is 6. The second-order valence-corrected chi connectivity index (χ2v) is 9.98. The summed E-state index contributed by atoms with van der Waals surface area (Å²) < 4.78 is 26.7. The number of nitrogens with two attached hydrogens (primary N) is 2. The number of carbonyl (C=O) groups is 2. The van der Waals surface area contributed by atoms with Crippen molar-refractivity contribution in [1.29, 1.82) is 0 Å². The number of hydrogen-bond donors (Lipinski definition) is 3. The van der Waals surface area contributed by atoms with Crippen LogP contribution in [0.1, 0.15) is 21.6 Å². The predicted molar refractivity (Wildman–Crippen MR) is 113 cm³/mol. The minimum Gasteiger partial charge on any atom is -0.365 e. The van der Waals surface area contributed by atoms with Gasteiger partial charge in [0.05, 0.1) is 28.5 Å². The van der Waals surface area contributed by atoms with Crippen molar-refractivity contribution in [2.45, 2.75) is 24.3 Å². The zero-order valence-electron chi connectivity index (χ0n) is 15.8. The Labute approximate surface area is 176 Å². The molecule has 0 fully saturated rings. The Balaban J connectivity index is 1.63. The molecule has 2 heterocycles. The van der Waals surface area contributed by atoms with E-state index in [-0.39, 0.29) is 22.8 Å². The molecule has 0 saturated heterocycles. The van der Waals surface area contributed by atoms with Gasteiger partial charge in [-0.2, -0.15) is 5.10 Å². The first-order valence-electron chi connectivity index (χ1n) is 9.12. The number of fused-ring (bicyclic) bond motifs is 3. The van der Waals surface area contributed by atoms with Gasteiger partial charge in [0.25, 0.3) is 5.91 Å². The van der Waals surface area contributed by atoms with E-state index in [0.29, 0.717) is 17.8 Å². The number of primary amides is 2. The number of thiophene rings is 1. The van der Waals surface area contributed by atoms with Crippen LogP contribution in [0.4, 0.5) is 9.80 Å². The number of nitrogens with one attached hydrogen (secondary N) is 1. The van der Waals surface area contributed by atoms with E-state index in [1.54, 1.807) is 41.2 Å². The molecule has 0 saturated carbocycles. The smallest absolute Gasteiger partial charge is 0.317 e. The molecule has 0 aliphatic heterocycles. The Morgan fingerprint density at radius 3 is 2.57 bits per heavy atom. The minimum atomic E-state index is -3.43. The highest BCUT2D eigenvalue weighted by Gasteiger charge is 2.29. The van der Waals surface area contributed by atoms with Crippen molar-refractivity contribution < 1.29 is 18.0 Å². The second kappa shape index (κ2) is 7.58. The molecule has 1 aromatic carbocycles. The molecule has 30 heavy (non-hydrogen) atoms. The Kier molecular flexibility index (Phi) is 5.08. The number of sulfone groups is 1. The average molecular weight is 446 g/mol. The van der Waals surface area contributed by atoms with Gasteiger partial charge in [0.2, 0.25) is 0 Å². The molecule has 3 amide bonds. The van der Waals surface area contributed by atoms with Crippen LogP contribution in [-0.2, 0) is 29.2 Å². The normalized spacial score (nSPS) is 12.8. The molecule has 0 radical (unpaired) electrons. The third kappa shape index (κ3) is 3.68. The zero-order valence-corrected chi connectivity index (χ0v) is 17.4. The molecule has 2 aromatic heterocycles. The van der Waals surface area contributed by atoms with Crippen LogP contribution < -0.4 is 16.8 Å². The number of anilines is 1. The van der Waals surface area contributed by atoms with Gasteiger partial charge in [-0.15, -0.1) is 11.3 Å². The first kappa shape index (κ1) is 20.1. The van der Waals surface area contributed by atoms with Crippen LogP contribution in [-0.4, -0.2) is 35.9 Å². The summed E-state index contributed by atoms with van der Waals surface area (Å²) in [5.74, 6) is -0.725. The molecular weight excluding hydrogens is 426 g/mol. The molecule has 9 nitrogen and oxygen atoms in total. The van der Waals surface area contributed by atoms with Crippen LogP contribution in [0.2, 0.25) is 0 Å². The van der Waals surface area contributed by atoms with Crippen molar-refractivity contribution in [3.63, 3.8) is 0 Å². The summed E-state index contributed by atoms with van der Waals surface area (Å²) in [6.45, 7) is 0.194. The van der Waals surface area contributed by atoms with Gasteiger partial charge in [-0.3, -0.25) is 14.8 Å². The first-order valence-corrected chi connectivity index (χ1v) is 11.6. The fourth-order valence-electron chi connectivity index (χ4n) is 3.53. The molecule has 5 N–H and O–H groups in total. The van der Waals surface area contributed by atoms with Crippen LogP contribution in [0, 0.1) is 0 Å².